The lowest BCUT2D eigenvalue weighted by atomic mass is 9.78. The fraction of sp³-hybridized carbons (Fsp3) is 0.758. The van der Waals surface area contributed by atoms with Crippen LogP contribution in [0.1, 0.15) is 87.1 Å². The third kappa shape index (κ3) is 10.7. The third-order valence-electron chi connectivity index (χ3n) is 7.92. The number of amides is 1. The second kappa shape index (κ2) is 15.4. The van der Waals surface area contributed by atoms with Gasteiger partial charge in [-0.2, -0.15) is 0 Å². The van der Waals surface area contributed by atoms with Gasteiger partial charge < -0.3 is 33.8 Å². The highest BCUT2D eigenvalue weighted by atomic mass is 16.6. The van der Waals surface area contributed by atoms with Crippen molar-refractivity contribution in [2.45, 2.75) is 117 Å². The summed E-state index contributed by atoms with van der Waals surface area (Å²) in [5, 5.41) is 6.56. The lowest BCUT2D eigenvalue weighted by molar-refractivity contribution is -0.118. The van der Waals surface area contributed by atoms with Gasteiger partial charge in [-0.15, -0.1) is 0 Å². The van der Waals surface area contributed by atoms with E-state index in [0.29, 0.717) is 37.2 Å². The number of hydrogen-bond donors (Lipinski definition) is 2. The van der Waals surface area contributed by atoms with Crippen LogP contribution in [0, 0.1) is 17.8 Å². The number of methoxy groups -OCH3 is 2. The molecule has 1 aromatic carbocycles. The van der Waals surface area contributed by atoms with E-state index < -0.39 is 23.0 Å². The SMILES string of the molecule is COCCCOc1cc(C[C@@H](C[C@@H]2NC(C)(C)O[C@H]2C[C@](C=O)(NC(=O)OC(C)(C)C)C(C)C)C(C)C)ccc1OC. The first kappa shape index (κ1) is 35.8. The summed E-state index contributed by atoms with van der Waals surface area (Å²) in [6.45, 7) is 18.9. The summed E-state index contributed by atoms with van der Waals surface area (Å²) < 4.78 is 28.7. The first-order valence-electron chi connectivity index (χ1n) is 15.3. The van der Waals surface area contributed by atoms with Crippen LogP contribution in [-0.4, -0.2) is 68.8 Å². The average Bonchev–Trinajstić information content (AvgIpc) is 3.16. The first-order chi connectivity index (χ1) is 19.5. The largest absolute Gasteiger partial charge is 0.493 e. The Morgan fingerprint density at radius 2 is 1.81 bits per heavy atom. The minimum absolute atomic E-state index is 0.0195. The number of hydrogen-bond acceptors (Lipinski definition) is 8. The Balaban J connectivity index is 2.26. The Kier molecular flexibility index (Phi) is 13.1. The molecule has 0 aromatic heterocycles. The van der Waals surface area contributed by atoms with Crippen LogP contribution >= 0.6 is 0 Å². The maximum absolute atomic E-state index is 12.8. The summed E-state index contributed by atoms with van der Waals surface area (Å²) in [5.74, 6) is 1.99. The Morgan fingerprint density at radius 3 is 2.36 bits per heavy atom. The minimum Gasteiger partial charge on any atom is -0.493 e. The Labute approximate surface area is 253 Å². The van der Waals surface area contributed by atoms with Gasteiger partial charge in [0, 0.05) is 32.6 Å². The normalized spacial score (nSPS) is 20.7. The molecule has 1 aliphatic rings. The number of carbonyl (C=O) groups is 2. The molecule has 1 fully saturated rings. The summed E-state index contributed by atoms with van der Waals surface area (Å²) in [7, 11) is 3.33. The highest BCUT2D eigenvalue weighted by molar-refractivity contribution is 5.77. The molecule has 2 N–H and O–H groups in total. The molecule has 0 spiro atoms. The summed E-state index contributed by atoms with van der Waals surface area (Å²) >= 11 is 0. The van der Waals surface area contributed by atoms with Crippen molar-refractivity contribution in [3.63, 3.8) is 0 Å². The predicted octanol–water partition coefficient (Wildman–Crippen LogP) is 5.92. The van der Waals surface area contributed by atoms with E-state index in [9.17, 15) is 9.59 Å². The van der Waals surface area contributed by atoms with Crippen molar-refractivity contribution in [3.8, 4) is 11.5 Å². The van der Waals surface area contributed by atoms with Crippen molar-refractivity contribution in [3.05, 3.63) is 23.8 Å². The molecule has 0 unspecified atom stereocenters. The Bertz CT molecular complexity index is 1000. The number of nitrogens with one attached hydrogen (secondary N) is 2. The van der Waals surface area contributed by atoms with Gasteiger partial charge in [-0.05, 0) is 82.9 Å². The maximum Gasteiger partial charge on any atom is 0.408 e. The van der Waals surface area contributed by atoms with Crippen molar-refractivity contribution < 1.29 is 33.3 Å². The van der Waals surface area contributed by atoms with Gasteiger partial charge in [-0.1, -0.05) is 33.8 Å². The third-order valence-corrected chi connectivity index (χ3v) is 7.92. The van der Waals surface area contributed by atoms with E-state index in [1.54, 1.807) is 35.0 Å². The van der Waals surface area contributed by atoms with E-state index in [1.807, 2.05) is 33.8 Å². The zero-order valence-corrected chi connectivity index (χ0v) is 27.8. The molecule has 0 bridgehead atoms. The van der Waals surface area contributed by atoms with Gasteiger partial charge in [0.05, 0.1) is 19.8 Å². The molecular weight excluding hydrogens is 536 g/mol. The smallest absolute Gasteiger partial charge is 0.408 e. The maximum atomic E-state index is 12.8. The number of ether oxygens (including phenoxy) is 5. The molecule has 0 aliphatic carbocycles. The van der Waals surface area contributed by atoms with Gasteiger partial charge >= 0.3 is 6.09 Å². The Hall–Kier alpha value is -2.36. The number of aldehydes is 1. The topological polar surface area (TPSA) is 104 Å². The van der Waals surface area contributed by atoms with Crippen molar-refractivity contribution in [1.82, 2.24) is 10.6 Å². The minimum atomic E-state index is -1.13. The zero-order chi connectivity index (χ0) is 31.7. The van der Waals surface area contributed by atoms with Gasteiger partial charge in [0.15, 0.2) is 11.5 Å². The molecular formula is C33H56N2O7. The zero-order valence-electron chi connectivity index (χ0n) is 27.8. The van der Waals surface area contributed by atoms with E-state index >= 15 is 0 Å². The molecule has 2 rings (SSSR count). The van der Waals surface area contributed by atoms with Gasteiger partial charge in [0.25, 0.3) is 0 Å². The van der Waals surface area contributed by atoms with E-state index in [1.165, 1.54) is 5.56 Å². The first-order valence-corrected chi connectivity index (χ1v) is 15.3. The summed E-state index contributed by atoms with van der Waals surface area (Å²) in [6, 6.07) is 6.11. The van der Waals surface area contributed by atoms with E-state index in [-0.39, 0.29) is 18.1 Å². The monoisotopic (exact) mass is 592 g/mol. The lowest BCUT2D eigenvalue weighted by Gasteiger charge is -2.37. The summed E-state index contributed by atoms with van der Waals surface area (Å²) in [4.78, 5) is 25.4. The average molecular weight is 593 g/mol. The molecule has 0 saturated carbocycles. The van der Waals surface area contributed by atoms with Crippen LogP contribution in [0.25, 0.3) is 0 Å². The molecule has 1 aliphatic heterocycles. The fourth-order valence-electron chi connectivity index (χ4n) is 5.47. The summed E-state index contributed by atoms with van der Waals surface area (Å²) in [6.07, 6.45) is 2.76. The van der Waals surface area contributed by atoms with Crippen LogP contribution in [0.3, 0.4) is 0 Å². The molecule has 240 valence electrons. The van der Waals surface area contributed by atoms with E-state index in [4.69, 9.17) is 23.7 Å². The number of benzene rings is 1. The van der Waals surface area contributed by atoms with Crippen molar-refractivity contribution in [1.29, 1.82) is 0 Å². The van der Waals surface area contributed by atoms with Crippen molar-refractivity contribution in [2.24, 2.45) is 17.8 Å². The quantitative estimate of drug-likeness (QED) is 0.180. The predicted molar refractivity (Wildman–Crippen MR) is 165 cm³/mol. The van der Waals surface area contributed by atoms with Crippen LogP contribution in [-0.2, 0) is 25.4 Å². The molecule has 1 amide bonds. The molecule has 1 saturated heterocycles. The van der Waals surface area contributed by atoms with Gasteiger partial charge in [0.2, 0.25) is 0 Å². The molecule has 42 heavy (non-hydrogen) atoms. The molecule has 1 heterocycles. The Morgan fingerprint density at radius 1 is 1.12 bits per heavy atom. The molecule has 0 radical (unpaired) electrons. The van der Waals surface area contributed by atoms with Crippen LogP contribution in [0.5, 0.6) is 11.5 Å². The van der Waals surface area contributed by atoms with E-state index in [0.717, 1.165) is 31.3 Å². The fourth-order valence-corrected chi connectivity index (χ4v) is 5.47. The second-order valence-corrected chi connectivity index (χ2v) is 13.7. The molecule has 9 heteroatoms. The number of rotatable bonds is 16. The van der Waals surface area contributed by atoms with Crippen LogP contribution < -0.4 is 20.1 Å². The highest BCUT2D eigenvalue weighted by Crippen LogP contribution is 2.36. The van der Waals surface area contributed by atoms with Gasteiger partial charge in [-0.3, -0.25) is 5.32 Å². The van der Waals surface area contributed by atoms with Crippen LogP contribution in [0.15, 0.2) is 18.2 Å². The van der Waals surface area contributed by atoms with Crippen LogP contribution in [0.2, 0.25) is 0 Å². The van der Waals surface area contributed by atoms with Gasteiger partial charge in [-0.25, -0.2) is 4.79 Å². The lowest BCUT2D eigenvalue weighted by Crippen LogP contribution is -2.57. The van der Waals surface area contributed by atoms with Crippen molar-refractivity contribution in [2.75, 3.05) is 27.4 Å². The second-order valence-electron chi connectivity index (χ2n) is 13.7. The van der Waals surface area contributed by atoms with Gasteiger partial charge in [0.1, 0.15) is 23.2 Å². The number of alkyl carbamates (subject to hydrolysis) is 1. The van der Waals surface area contributed by atoms with Crippen LogP contribution in [0.4, 0.5) is 4.79 Å². The molecule has 4 atom stereocenters. The van der Waals surface area contributed by atoms with Crippen molar-refractivity contribution >= 4 is 12.4 Å². The molecule has 1 aromatic rings. The standard InChI is InChI=1S/C33H56N2O7/c1-22(2)25(17-24-13-14-27(39-11)28(18-24)40-16-12-15-38-10)19-26-29(41-32(8,9)34-26)20-33(21-36,23(3)4)35-30(37)42-31(5,6)7/h13-14,18,21-23,25-26,29,34H,12,15-17,19-20H2,1-11H3,(H,35,37)/t25-,26-,29-,33+/m0/s1. The molecule has 9 nitrogen and oxygen atoms in total. The van der Waals surface area contributed by atoms with E-state index in [2.05, 4.69) is 36.6 Å². The summed E-state index contributed by atoms with van der Waals surface area (Å²) in [5.41, 5.74) is -1.21. The highest BCUT2D eigenvalue weighted by Gasteiger charge is 2.47. The number of carbonyl (C=O) groups excluding carboxylic acids is 2.